The molecule has 0 aromatic carbocycles. The summed E-state index contributed by atoms with van der Waals surface area (Å²) < 4.78 is 5.49. The lowest BCUT2D eigenvalue weighted by Crippen LogP contribution is -2.31. The van der Waals surface area contributed by atoms with Crippen LogP contribution in [-0.4, -0.2) is 24.6 Å². The van der Waals surface area contributed by atoms with Crippen molar-refractivity contribution >= 4 is 0 Å². The zero-order chi connectivity index (χ0) is 9.26. The van der Waals surface area contributed by atoms with Crippen molar-refractivity contribution in [1.82, 2.24) is 4.90 Å². The molecular formula is C10H16N2O. The summed E-state index contributed by atoms with van der Waals surface area (Å²) in [6, 6.07) is 0. The van der Waals surface area contributed by atoms with E-state index in [1.54, 1.807) is 0 Å². The fourth-order valence-corrected chi connectivity index (χ4v) is 1.92. The van der Waals surface area contributed by atoms with Crippen LogP contribution in [0.3, 0.4) is 0 Å². The van der Waals surface area contributed by atoms with Crippen LogP contribution < -0.4 is 5.73 Å². The Morgan fingerprint density at radius 2 is 2.46 bits per heavy atom. The Morgan fingerprint density at radius 3 is 3.23 bits per heavy atom. The van der Waals surface area contributed by atoms with Gasteiger partial charge in [-0.25, -0.2) is 0 Å². The van der Waals surface area contributed by atoms with E-state index in [2.05, 4.69) is 11.8 Å². The van der Waals surface area contributed by atoms with Crippen molar-refractivity contribution in [1.29, 1.82) is 0 Å². The average Bonchev–Trinajstić information content (AvgIpc) is 2.52. The fourth-order valence-electron chi connectivity index (χ4n) is 1.92. The van der Waals surface area contributed by atoms with Crippen LogP contribution in [0.25, 0.3) is 0 Å². The summed E-state index contributed by atoms with van der Waals surface area (Å²) >= 11 is 0. The van der Waals surface area contributed by atoms with Gasteiger partial charge in [-0.2, -0.15) is 0 Å². The first-order chi connectivity index (χ1) is 6.31. The van der Waals surface area contributed by atoms with E-state index in [1.807, 2.05) is 6.08 Å². The molecule has 0 amide bonds. The van der Waals surface area contributed by atoms with E-state index in [-0.39, 0.29) is 0 Å². The van der Waals surface area contributed by atoms with Crippen LogP contribution in [0.5, 0.6) is 0 Å². The van der Waals surface area contributed by atoms with Gasteiger partial charge in [0.15, 0.2) is 0 Å². The standard InChI is InChI=1S/C10H16N2O/c1-2-4-12-7-8(11)6-10-9(12)3-5-13-10/h6H,2-5,7,11H2,1H3. The molecule has 0 bridgehead atoms. The number of nitrogens with zero attached hydrogens (tertiary/aromatic N) is 1. The summed E-state index contributed by atoms with van der Waals surface area (Å²) in [7, 11) is 0. The maximum atomic E-state index is 5.82. The smallest absolute Gasteiger partial charge is 0.140 e. The van der Waals surface area contributed by atoms with Crippen molar-refractivity contribution in [3.05, 3.63) is 23.2 Å². The Hall–Kier alpha value is -1.12. The fraction of sp³-hybridized carbons (Fsp3) is 0.600. The minimum absolute atomic E-state index is 0.814. The van der Waals surface area contributed by atoms with Crippen molar-refractivity contribution in [2.45, 2.75) is 19.8 Å². The zero-order valence-electron chi connectivity index (χ0n) is 8.05. The molecule has 0 saturated carbocycles. The summed E-state index contributed by atoms with van der Waals surface area (Å²) in [6.45, 7) is 4.95. The van der Waals surface area contributed by atoms with E-state index in [9.17, 15) is 0 Å². The normalized spacial score (nSPS) is 21.3. The predicted octanol–water partition coefficient (Wildman–Crippen LogP) is 1.19. The van der Waals surface area contributed by atoms with Crippen LogP contribution >= 0.6 is 0 Å². The molecule has 72 valence electrons. The highest BCUT2D eigenvalue weighted by molar-refractivity contribution is 5.30. The molecule has 13 heavy (non-hydrogen) atoms. The molecule has 0 saturated heterocycles. The van der Waals surface area contributed by atoms with Crippen molar-refractivity contribution < 1.29 is 4.74 Å². The van der Waals surface area contributed by atoms with Crippen LogP contribution in [-0.2, 0) is 4.74 Å². The molecule has 3 heteroatoms. The van der Waals surface area contributed by atoms with Crippen LogP contribution in [0.4, 0.5) is 0 Å². The first kappa shape index (κ1) is 8.48. The van der Waals surface area contributed by atoms with Gasteiger partial charge in [-0.05, 0) is 6.42 Å². The molecule has 2 heterocycles. The second-order valence-electron chi connectivity index (χ2n) is 3.55. The Kier molecular flexibility index (Phi) is 2.17. The molecule has 0 aromatic rings. The van der Waals surface area contributed by atoms with E-state index < -0.39 is 0 Å². The number of rotatable bonds is 2. The highest BCUT2D eigenvalue weighted by atomic mass is 16.5. The lowest BCUT2D eigenvalue weighted by molar-refractivity contribution is 0.255. The molecule has 0 spiro atoms. The SMILES string of the molecule is CCCN1CC(N)=CC2=C1CCO2. The van der Waals surface area contributed by atoms with Gasteiger partial charge in [0.25, 0.3) is 0 Å². The third-order valence-electron chi connectivity index (χ3n) is 2.45. The van der Waals surface area contributed by atoms with Crippen LogP contribution in [0, 0.1) is 0 Å². The number of nitrogens with two attached hydrogens (primary N) is 1. The van der Waals surface area contributed by atoms with Crippen LogP contribution in [0.1, 0.15) is 19.8 Å². The van der Waals surface area contributed by atoms with Crippen molar-refractivity contribution in [2.24, 2.45) is 5.73 Å². The largest absolute Gasteiger partial charge is 0.491 e. The molecular weight excluding hydrogens is 164 g/mol. The summed E-state index contributed by atoms with van der Waals surface area (Å²) in [5, 5.41) is 0. The molecule has 0 radical (unpaired) electrons. The van der Waals surface area contributed by atoms with E-state index in [0.717, 1.165) is 44.0 Å². The van der Waals surface area contributed by atoms with Crippen molar-refractivity contribution in [3.63, 3.8) is 0 Å². The summed E-state index contributed by atoms with van der Waals surface area (Å²) in [5.74, 6) is 0.997. The van der Waals surface area contributed by atoms with E-state index in [4.69, 9.17) is 10.5 Å². The molecule has 3 nitrogen and oxygen atoms in total. The van der Waals surface area contributed by atoms with Gasteiger partial charge in [-0.3, -0.25) is 0 Å². The quantitative estimate of drug-likeness (QED) is 0.693. The first-order valence-corrected chi connectivity index (χ1v) is 4.88. The Balaban J connectivity index is 2.19. The Labute approximate surface area is 78.8 Å². The van der Waals surface area contributed by atoms with Gasteiger partial charge < -0.3 is 15.4 Å². The van der Waals surface area contributed by atoms with Gasteiger partial charge in [0.2, 0.25) is 0 Å². The predicted molar refractivity (Wildman–Crippen MR) is 51.7 cm³/mol. The van der Waals surface area contributed by atoms with E-state index in [0.29, 0.717) is 0 Å². The highest BCUT2D eigenvalue weighted by Crippen LogP contribution is 2.28. The second-order valence-corrected chi connectivity index (χ2v) is 3.55. The third-order valence-corrected chi connectivity index (χ3v) is 2.45. The molecule has 0 aromatic heterocycles. The highest BCUT2D eigenvalue weighted by Gasteiger charge is 2.24. The Morgan fingerprint density at radius 1 is 1.62 bits per heavy atom. The maximum Gasteiger partial charge on any atom is 0.140 e. The molecule has 0 aliphatic carbocycles. The molecule has 2 aliphatic heterocycles. The number of hydrogen-bond donors (Lipinski definition) is 1. The lowest BCUT2D eigenvalue weighted by atomic mass is 10.1. The number of allylic oxidation sites excluding steroid dienone is 1. The molecule has 0 fully saturated rings. The second kappa shape index (κ2) is 3.32. The first-order valence-electron chi connectivity index (χ1n) is 4.88. The monoisotopic (exact) mass is 180 g/mol. The summed E-state index contributed by atoms with van der Waals surface area (Å²) in [6.07, 6.45) is 4.16. The van der Waals surface area contributed by atoms with Crippen molar-refractivity contribution in [2.75, 3.05) is 19.7 Å². The van der Waals surface area contributed by atoms with E-state index in [1.165, 1.54) is 5.70 Å². The lowest BCUT2D eigenvalue weighted by Gasteiger charge is -2.28. The van der Waals surface area contributed by atoms with Crippen molar-refractivity contribution in [3.8, 4) is 0 Å². The zero-order valence-corrected chi connectivity index (χ0v) is 8.05. The van der Waals surface area contributed by atoms with Gasteiger partial charge in [-0.1, -0.05) is 6.92 Å². The van der Waals surface area contributed by atoms with Gasteiger partial charge >= 0.3 is 0 Å². The molecule has 0 atom stereocenters. The van der Waals surface area contributed by atoms with Gasteiger partial charge in [-0.15, -0.1) is 0 Å². The molecule has 2 aliphatic rings. The molecule has 0 unspecified atom stereocenters. The van der Waals surface area contributed by atoms with Crippen LogP contribution in [0.15, 0.2) is 23.2 Å². The number of ether oxygens (including phenoxy) is 1. The Bertz CT molecular complexity index is 268. The summed E-state index contributed by atoms with van der Waals surface area (Å²) in [5.41, 5.74) is 8.07. The van der Waals surface area contributed by atoms with Gasteiger partial charge in [0.05, 0.1) is 18.8 Å². The minimum atomic E-state index is 0.814. The van der Waals surface area contributed by atoms with E-state index >= 15 is 0 Å². The van der Waals surface area contributed by atoms with Gasteiger partial charge in [0, 0.05) is 24.7 Å². The topological polar surface area (TPSA) is 38.5 Å². The maximum absolute atomic E-state index is 5.82. The van der Waals surface area contributed by atoms with Crippen LogP contribution in [0.2, 0.25) is 0 Å². The molecule has 2 N–H and O–H groups in total. The third kappa shape index (κ3) is 1.50. The molecule has 2 rings (SSSR count). The minimum Gasteiger partial charge on any atom is -0.491 e. The summed E-state index contributed by atoms with van der Waals surface area (Å²) in [4.78, 5) is 2.33. The van der Waals surface area contributed by atoms with Gasteiger partial charge in [0.1, 0.15) is 5.76 Å². The number of hydrogen-bond acceptors (Lipinski definition) is 3. The average molecular weight is 180 g/mol.